The van der Waals surface area contributed by atoms with E-state index < -0.39 is 15.3 Å². The molecule has 5 nitrogen and oxygen atoms in total. The third-order valence-electron chi connectivity index (χ3n) is 2.62. The number of aliphatic hydroxyl groups excluding tert-OH is 1. The Labute approximate surface area is 119 Å². The number of nitrogens with zero attached hydrogens (tertiary/aromatic N) is 1. The van der Waals surface area contributed by atoms with Gasteiger partial charge in [0.1, 0.15) is 6.61 Å². The van der Waals surface area contributed by atoms with Crippen molar-refractivity contribution in [2.75, 3.05) is 11.3 Å². The molecule has 0 saturated carbocycles. The average molecular weight is 292 g/mol. The standard InChI is InChI=1S/C14H16N2O3S/c1-3-13(10-15)20(18,19)16-14-7-6-11(2)9-12(14)5-4-8-17/h6-7,9,13,16-17H,3,8H2,1-2H3. The summed E-state index contributed by atoms with van der Waals surface area (Å²) in [4.78, 5) is 0. The predicted molar refractivity (Wildman–Crippen MR) is 77.4 cm³/mol. The van der Waals surface area contributed by atoms with E-state index >= 15 is 0 Å². The number of hydrogen-bond acceptors (Lipinski definition) is 4. The summed E-state index contributed by atoms with van der Waals surface area (Å²) in [6, 6.07) is 6.82. The molecule has 0 spiro atoms. The summed E-state index contributed by atoms with van der Waals surface area (Å²) in [5.74, 6) is 5.17. The minimum atomic E-state index is -3.78. The number of aryl methyl sites for hydroxylation is 1. The molecule has 1 rings (SSSR count). The topological polar surface area (TPSA) is 90.2 Å². The molecule has 20 heavy (non-hydrogen) atoms. The summed E-state index contributed by atoms with van der Waals surface area (Å²) >= 11 is 0. The first kappa shape index (κ1) is 16.0. The van der Waals surface area contributed by atoms with Crippen molar-refractivity contribution in [3.63, 3.8) is 0 Å². The van der Waals surface area contributed by atoms with Crippen LogP contribution in [-0.2, 0) is 10.0 Å². The first-order valence-electron chi connectivity index (χ1n) is 6.06. The molecule has 0 aromatic heterocycles. The van der Waals surface area contributed by atoms with Crippen molar-refractivity contribution in [1.82, 2.24) is 0 Å². The second kappa shape index (κ2) is 6.95. The van der Waals surface area contributed by atoms with Gasteiger partial charge in [0.15, 0.2) is 5.25 Å². The first-order chi connectivity index (χ1) is 9.44. The number of sulfonamides is 1. The monoisotopic (exact) mass is 292 g/mol. The van der Waals surface area contributed by atoms with Crippen LogP contribution in [0.1, 0.15) is 24.5 Å². The zero-order valence-corrected chi connectivity index (χ0v) is 12.2. The summed E-state index contributed by atoms with van der Waals surface area (Å²) in [5.41, 5.74) is 1.70. The lowest BCUT2D eigenvalue weighted by Gasteiger charge is -2.13. The van der Waals surface area contributed by atoms with Crippen molar-refractivity contribution in [3.8, 4) is 17.9 Å². The Morgan fingerprint density at radius 3 is 2.70 bits per heavy atom. The minimum Gasteiger partial charge on any atom is -0.384 e. The van der Waals surface area contributed by atoms with Crippen molar-refractivity contribution in [2.24, 2.45) is 0 Å². The number of nitrogens with one attached hydrogen (secondary N) is 1. The van der Waals surface area contributed by atoms with Crippen molar-refractivity contribution in [3.05, 3.63) is 29.3 Å². The van der Waals surface area contributed by atoms with Crippen LogP contribution in [0.3, 0.4) is 0 Å². The fourth-order valence-electron chi connectivity index (χ4n) is 1.59. The largest absolute Gasteiger partial charge is 0.384 e. The van der Waals surface area contributed by atoms with Gasteiger partial charge in [-0.25, -0.2) is 8.42 Å². The summed E-state index contributed by atoms with van der Waals surface area (Å²) in [6.07, 6.45) is 0.204. The Kier molecular flexibility index (Phi) is 5.57. The van der Waals surface area contributed by atoms with Crippen LogP contribution in [0.4, 0.5) is 5.69 Å². The number of nitriles is 1. The molecule has 0 saturated heterocycles. The molecular formula is C14H16N2O3S. The molecule has 106 valence electrons. The maximum Gasteiger partial charge on any atom is 0.249 e. The highest BCUT2D eigenvalue weighted by Crippen LogP contribution is 2.19. The molecule has 6 heteroatoms. The van der Waals surface area contributed by atoms with Crippen molar-refractivity contribution >= 4 is 15.7 Å². The lowest BCUT2D eigenvalue weighted by molar-refractivity contribution is 0.350. The van der Waals surface area contributed by atoms with Crippen molar-refractivity contribution in [1.29, 1.82) is 5.26 Å². The minimum absolute atomic E-state index is 0.204. The molecule has 2 N–H and O–H groups in total. The van der Waals surface area contributed by atoms with Gasteiger partial charge in [-0.3, -0.25) is 4.72 Å². The fraction of sp³-hybridized carbons (Fsp3) is 0.357. The van der Waals surface area contributed by atoms with E-state index in [1.54, 1.807) is 31.2 Å². The van der Waals surface area contributed by atoms with E-state index in [0.717, 1.165) is 5.56 Å². The van der Waals surface area contributed by atoms with Crippen molar-refractivity contribution in [2.45, 2.75) is 25.5 Å². The highest BCUT2D eigenvalue weighted by molar-refractivity contribution is 7.93. The molecule has 0 radical (unpaired) electrons. The van der Waals surface area contributed by atoms with Gasteiger partial charge < -0.3 is 5.11 Å². The molecule has 0 fully saturated rings. The highest BCUT2D eigenvalue weighted by atomic mass is 32.2. The van der Waals surface area contributed by atoms with Gasteiger partial charge in [-0.05, 0) is 31.0 Å². The van der Waals surface area contributed by atoms with Gasteiger partial charge in [0.05, 0.1) is 11.8 Å². The average Bonchev–Trinajstić information content (AvgIpc) is 2.39. The van der Waals surface area contributed by atoms with E-state index in [9.17, 15) is 8.42 Å². The maximum atomic E-state index is 12.0. The molecule has 1 aromatic carbocycles. The number of benzene rings is 1. The van der Waals surface area contributed by atoms with Gasteiger partial charge >= 0.3 is 0 Å². The summed E-state index contributed by atoms with van der Waals surface area (Å²) in [7, 11) is -3.78. The molecule has 0 bridgehead atoms. The Balaban J connectivity index is 3.19. The van der Waals surface area contributed by atoms with Gasteiger partial charge in [0.25, 0.3) is 0 Å². The van der Waals surface area contributed by atoms with E-state index in [4.69, 9.17) is 10.4 Å². The van der Waals surface area contributed by atoms with Crippen LogP contribution in [0.5, 0.6) is 0 Å². The van der Waals surface area contributed by atoms with Gasteiger partial charge in [0.2, 0.25) is 10.0 Å². The van der Waals surface area contributed by atoms with Gasteiger partial charge in [-0.15, -0.1) is 0 Å². The summed E-state index contributed by atoms with van der Waals surface area (Å²) in [6.45, 7) is 3.18. The van der Waals surface area contributed by atoms with Crippen molar-refractivity contribution < 1.29 is 13.5 Å². The number of hydrogen-bond donors (Lipinski definition) is 2. The molecule has 1 aromatic rings. The maximum absolute atomic E-state index is 12.0. The van der Waals surface area contributed by atoms with E-state index in [2.05, 4.69) is 16.6 Å². The third kappa shape index (κ3) is 3.99. The smallest absolute Gasteiger partial charge is 0.249 e. The normalized spacial score (nSPS) is 11.9. The zero-order valence-electron chi connectivity index (χ0n) is 11.3. The van der Waals surface area contributed by atoms with Gasteiger partial charge in [0, 0.05) is 5.56 Å². The Hall–Kier alpha value is -2.02. The fourth-order valence-corrected chi connectivity index (χ4v) is 2.79. The van der Waals surface area contributed by atoms with Crippen LogP contribution >= 0.6 is 0 Å². The van der Waals surface area contributed by atoms with E-state index in [1.165, 1.54) is 0 Å². The Morgan fingerprint density at radius 1 is 1.45 bits per heavy atom. The van der Waals surface area contributed by atoms with E-state index in [0.29, 0.717) is 11.3 Å². The lowest BCUT2D eigenvalue weighted by atomic mass is 10.1. The summed E-state index contributed by atoms with van der Waals surface area (Å²) in [5, 5.41) is 16.5. The number of aliphatic hydroxyl groups is 1. The van der Waals surface area contributed by atoms with Crippen LogP contribution in [0.25, 0.3) is 0 Å². The van der Waals surface area contributed by atoms with Crippen LogP contribution in [0.2, 0.25) is 0 Å². The third-order valence-corrected chi connectivity index (χ3v) is 4.31. The number of rotatable bonds is 4. The van der Waals surface area contributed by atoms with Crippen LogP contribution in [0.15, 0.2) is 18.2 Å². The molecule has 0 aliphatic heterocycles. The molecular weight excluding hydrogens is 276 g/mol. The first-order valence-corrected chi connectivity index (χ1v) is 7.60. The second-order valence-corrected chi connectivity index (χ2v) is 6.05. The Morgan fingerprint density at radius 2 is 2.15 bits per heavy atom. The molecule has 0 heterocycles. The van der Waals surface area contributed by atoms with Crippen LogP contribution in [-0.4, -0.2) is 25.4 Å². The molecule has 1 atom stereocenters. The second-order valence-electron chi connectivity index (χ2n) is 4.18. The summed E-state index contributed by atoms with van der Waals surface area (Å²) < 4.78 is 26.5. The van der Waals surface area contributed by atoms with Gasteiger partial charge in [-0.2, -0.15) is 5.26 Å². The lowest BCUT2D eigenvalue weighted by Crippen LogP contribution is -2.26. The molecule has 0 aliphatic rings. The predicted octanol–water partition coefficient (Wildman–Crippen LogP) is 1.38. The van der Waals surface area contributed by atoms with Gasteiger partial charge in [-0.1, -0.05) is 24.8 Å². The molecule has 0 amide bonds. The zero-order chi connectivity index (χ0) is 15.2. The quantitative estimate of drug-likeness (QED) is 0.820. The SMILES string of the molecule is CCC(C#N)S(=O)(=O)Nc1ccc(C)cc1C#CCO. The van der Waals surface area contributed by atoms with Crippen LogP contribution in [0, 0.1) is 30.1 Å². The molecule has 0 aliphatic carbocycles. The molecule has 1 unspecified atom stereocenters. The van der Waals surface area contributed by atoms with Crippen LogP contribution < -0.4 is 4.72 Å². The van der Waals surface area contributed by atoms with E-state index in [-0.39, 0.29) is 13.0 Å². The number of anilines is 1. The highest BCUT2D eigenvalue weighted by Gasteiger charge is 2.24. The Bertz CT molecular complexity index is 679. The van der Waals surface area contributed by atoms with E-state index in [1.807, 2.05) is 6.92 Å².